The number of nitrogens with zero attached hydrogens (tertiary/aromatic N) is 1. The van der Waals surface area contributed by atoms with Crippen molar-refractivity contribution in [1.29, 1.82) is 5.26 Å². The molecule has 4 aromatic carbocycles. The summed E-state index contributed by atoms with van der Waals surface area (Å²) in [6.45, 7) is 1.72. The van der Waals surface area contributed by atoms with E-state index in [1.165, 1.54) is 0 Å². The molecular weight excluding hydrogens is 480 g/mol. The van der Waals surface area contributed by atoms with E-state index in [2.05, 4.69) is 6.07 Å². The number of esters is 1. The Bertz CT molecular complexity index is 1540. The molecule has 38 heavy (non-hydrogen) atoms. The van der Waals surface area contributed by atoms with Gasteiger partial charge in [-0.25, -0.2) is 4.79 Å². The monoisotopic (exact) mass is 504 g/mol. The summed E-state index contributed by atoms with van der Waals surface area (Å²) in [7, 11) is 0. The molecule has 4 aromatic rings. The lowest BCUT2D eigenvalue weighted by Gasteiger charge is -2.27. The zero-order chi connectivity index (χ0) is 26.5. The number of fused-ring (bicyclic) bond motifs is 1. The number of allylic oxidation sites excluding steroid dienone is 1. The molecule has 0 saturated carbocycles. The zero-order valence-electron chi connectivity index (χ0n) is 20.6. The van der Waals surface area contributed by atoms with Crippen LogP contribution >= 0.6 is 0 Å². The van der Waals surface area contributed by atoms with Gasteiger partial charge in [-0.3, -0.25) is 0 Å². The second kappa shape index (κ2) is 10.8. The van der Waals surface area contributed by atoms with Crippen molar-refractivity contribution in [3.63, 3.8) is 0 Å². The van der Waals surface area contributed by atoms with Crippen molar-refractivity contribution in [1.82, 2.24) is 0 Å². The van der Waals surface area contributed by atoms with Gasteiger partial charge in [0.05, 0.1) is 5.92 Å². The smallest absolute Gasteiger partial charge is 0.349 e. The van der Waals surface area contributed by atoms with Crippen LogP contribution in [0.2, 0.25) is 0 Å². The summed E-state index contributed by atoms with van der Waals surface area (Å²) >= 11 is 0. The van der Waals surface area contributed by atoms with Crippen LogP contribution < -0.4 is 24.7 Å². The first-order valence-electron chi connectivity index (χ1n) is 11.9. The van der Waals surface area contributed by atoms with Gasteiger partial charge in [0, 0.05) is 11.6 Å². The highest BCUT2D eigenvalue weighted by Crippen LogP contribution is 2.44. The Morgan fingerprint density at radius 1 is 0.895 bits per heavy atom. The van der Waals surface area contributed by atoms with Gasteiger partial charge in [0.15, 0.2) is 6.61 Å². The quantitative estimate of drug-likeness (QED) is 0.243. The van der Waals surface area contributed by atoms with Gasteiger partial charge in [-0.15, -0.1) is 0 Å². The topological polar surface area (TPSA) is 104 Å². The first-order chi connectivity index (χ1) is 18.5. The second-order valence-corrected chi connectivity index (χ2v) is 8.69. The molecule has 5 rings (SSSR count). The molecule has 0 amide bonds. The number of hydrogen-bond acceptors (Lipinski definition) is 7. The van der Waals surface area contributed by atoms with Crippen molar-refractivity contribution in [2.75, 3.05) is 6.61 Å². The number of carbonyl (C=O) groups excluding carboxylic acids is 1. The van der Waals surface area contributed by atoms with Crippen molar-refractivity contribution in [2.24, 2.45) is 5.73 Å². The maximum absolute atomic E-state index is 12.4. The largest absolute Gasteiger partial charge is 0.482 e. The molecule has 1 unspecified atom stereocenters. The third-order valence-corrected chi connectivity index (χ3v) is 5.97. The Morgan fingerprint density at radius 2 is 1.63 bits per heavy atom. The van der Waals surface area contributed by atoms with Gasteiger partial charge in [0.2, 0.25) is 5.88 Å². The first kappa shape index (κ1) is 24.5. The van der Waals surface area contributed by atoms with Crippen molar-refractivity contribution < 1.29 is 23.7 Å². The van der Waals surface area contributed by atoms with Crippen LogP contribution in [0.25, 0.3) is 0 Å². The Balaban J connectivity index is 1.37. The maximum Gasteiger partial charge on any atom is 0.349 e. The Kier molecular flexibility index (Phi) is 6.96. The normalized spacial score (nSPS) is 14.1. The number of carbonyl (C=O) groups is 1. The van der Waals surface area contributed by atoms with E-state index in [-0.39, 0.29) is 23.8 Å². The molecule has 2 N–H and O–H groups in total. The first-order valence-corrected chi connectivity index (χ1v) is 11.9. The molecule has 0 aliphatic carbocycles. The summed E-state index contributed by atoms with van der Waals surface area (Å²) in [6, 6.07) is 31.5. The molecule has 1 atom stereocenters. The molecule has 7 heteroatoms. The molecular formula is C31H24N2O5. The fourth-order valence-corrected chi connectivity index (χ4v) is 4.16. The van der Waals surface area contributed by atoms with Crippen LogP contribution in [0.4, 0.5) is 0 Å². The highest BCUT2D eigenvalue weighted by molar-refractivity contribution is 5.74. The molecule has 1 aliphatic heterocycles. The van der Waals surface area contributed by atoms with Crippen LogP contribution in [-0.4, -0.2) is 12.6 Å². The number of nitriles is 1. The van der Waals surface area contributed by atoms with Gasteiger partial charge >= 0.3 is 5.97 Å². The standard InChI is InChI=1S/C31H24N2O5/c1-20-10-12-22(13-11-20)35-19-29(34)37-25-14-15-26-28(17-25)38-31(33)27(18-32)30(26)21-6-5-9-24(16-21)36-23-7-3-2-4-8-23/h2-17,30H,19,33H2,1H3. The fourth-order valence-electron chi connectivity index (χ4n) is 4.16. The molecule has 0 radical (unpaired) electrons. The van der Waals surface area contributed by atoms with Crippen LogP contribution in [0.15, 0.2) is 109 Å². The number of rotatable bonds is 7. The minimum Gasteiger partial charge on any atom is -0.482 e. The van der Waals surface area contributed by atoms with Gasteiger partial charge < -0.3 is 24.7 Å². The third kappa shape index (κ3) is 5.45. The number of hydrogen-bond donors (Lipinski definition) is 1. The highest BCUT2D eigenvalue weighted by atomic mass is 16.6. The van der Waals surface area contributed by atoms with Crippen LogP contribution in [0, 0.1) is 18.3 Å². The molecule has 1 heterocycles. The second-order valence-electron chi connectivity index (χ2n) is 8.69. The van der Waals surface area contributed by atoms with Gasteiger partial charge in [-0.05, 0) is 55.0 Å². The number of nitrogens with two attached hydrogens (primary N) is 1. The van der Waals surface area contributed by atoms with E-state index < -0.39 is 11.9 Å². The molecule has 0 saturated heterocycles. The van der Waals surface area contributed by atoms with Crippen LogP contribution in [-0.2, 0) is 4.79 Å². The minimum absolute atomic E-state index is 0.00874. The van der Waals surface area contributed by atoms with E-state index >= 15 is 0 Å². The van der Waals surface area contributed by atoms with E-state index in [4.69, 9.17) is 24.7 Å². The number of ether oxygens (including phenoxy) is 4. The molecule has 188 valence electrons. The Morgan fingerprint density at radius 3 is 2.39 bits per heavy atom. The highest BCUT2D eigenvalue weighted by Gasteiger charge is 2.31. The lowest BCUT2D eigenvalue weighted by Crippen LogP contribution is -2.21. The van der Waals surface area contributed by atoms with E-state index in [1.807, 2.05) is 73.7 Å². The van der Waals surface area contributed by atoms with E-state index in [0.717, 1.165) is 11.1 Å². The summed E-state index contributed by atoms with van der Waals surface area (Å²) in [6.07, 6.45) is 0. The van der Waals surface area contributed by atoms with Gasteiger partial charge in [0.1, 0.15) is 40.4 Å². The summed E-state index contributed by atoms with van der Waals surface area (Å²) < 4.78 is 22.7. The zero-order valence-corrected chi connectivity index (χ0v) is 20.6. The molecule has 0 fully saturated rings. The van der Waals surface area contributed by atoms with Gasteiger partial charge in [0.25, 0.3) is 0 Å². The summed E-state index contributed by atoms with van der Waals surface area (Å²) in [5, 5.41) is 9.88. The average Bonchev–Trinajstić information content (AvgIpc) is 2.92. The number of para-hydroxylation sites is 1. The summed E-state index contributed by atoms with van der Waals surface area (Å²) in [4.78, 5) is 12.4. The molecule has 0 spiro atoms. The Labute approximate surface area is 220 Å². The average molecular weight is 505 g/mol. The summed E-state index contributed by atoms with van der Waals surface area (Å²) in [5.74, 6) is 1.50. The number of aryl methyl sites for hydroxylation is 1. The SMILES string of the molecule is Cc1ccc(OCC(=O)Oc2ccc3c(c2)OC(N)=C(C#N)C3c2cccc(Oc3ccccc3)c2)cc1. The number of benzene rings is 4. The predicted octanol–water partition coefficient (Wildman–Crippen LogP) is 5.99. The third-order valence-electron chi connectivity index (χ3n) is 5.97. The van der Waals surface area contributed by atoms with E-state index in [1.54, 1.807) is 30.3 Å². The van der Waals surface area contributed by atoms with Crippen molar-refractivity contribution in [3.05, 3.63) is 125 Å². The van der Waals surface area contributed by atoms with E-state index in [9.17, 15) is 10.1 Å². The van der Waals surface area contributed by atoms with Crippen molar-refractivity contribution in [3.8, 4) is 34.8 Å². The van der Waals surface area contributed by atoms with Crippen molar-refractivity contribution >= 4 is 5.97 Å². The van der Waals surface area contributed by atoms with Crippen LogP contribution in [0.3, 0.4) is 0 Å². The van der Waals surface area contributed by atoms with Crippen molar-refractivity contribution in [2.45, 2.75) is 12.8 Å². The van der Waals surface area contributed by atoms with Gasteiger partial charge in [-0.2, -0.15) is 5.26 Å². The van der Waals surface area contributed by atoms with Gasteiger partial charge in [-0.1, -0.05) is 54.1 Å². The fraction of sp³-hybridized carbons (Fsp3) is 0.0968. The minimum atomic E-state index is -0.565. The molecule has 0 aromatic heterocycles. The molecule has 7 nitrogen and oxygen atoms in total. The molecule has 1 aliphatic rings. The van der Waals surface area contributed by atoms with E-state index in [0.29, 0.717) is 28.6 Å². The molecule has 0 bridgehead atoms. The summed E-state index contributed by atoms with van der Waals surface area (Å²) in [5.41, 5.74) is 9.04. The Hall–Kier alpha value is -5.22. The van der Waals surface area contributed by atoms with Crippen LogP contribution in [0.5, 0.6) is 28.7 Å². The maximum atomic E-state index is 12.4. The predicted molar refractivity (Wildman–Crippen MR) is 141 cm³/mol. The van der Waals surface area contributed by atoms with Crippen LogP contribution in [0.1, 0.15) is 22.6 Å². The lowest BCUT2D eigenvalue weighted by atomic mass is 9.83. The lowest BCUT2D eigenvalue weighted by molar-refractivity contribution is -0.136.